The van der Waals surface area contributed by atoms with Crippen molar-refractivity contribution in [2.45, 2.75) is 62.7 Å². The summed E-state index contributed by atoms with van der Waals surface area (Å²) in [6.07, 6.45) is -7.08. The van der Waals surface area contributed by atoms with Crippen molar-refractivity contribution in [3.63, 3.8) is 0 Å². The number of hydrogen-bond acceptors (Lipinski definition) is 7. The molecule has 21 heavy (non-hydrogen) atoms. The molecule has 1 aliphatic carbocycles. The van der Waals surface area contributed by atoms with Gasteiger partial charge in [0.15, 0.2) is 5.60 Å². The lowest BCUT2D eigenvalue weighted by Crippen LogP contribution is -2.70. The number of aliphatic carboxylic acids is 1. The lowest BCUT2D eigenvalue weighted by Gasteiger charge is -2.43. The number of aliphatic hydroxyl groups excluding tert-OH is 3. The average molecular weight is 307 g/mol. The molecule has 1 aliphatic rings. The van der Waals surface area contributed by atoms with Crippen molar-refractivity contribution >= 4 is 12.1 Å². The van der Waals surface area contributed by atoms with E-state index in [0.717, 1.165) is 0 Å². The monoisotopic (exact) mass is 307 g/mol. The van der Waals surface area contributed by atoms with Crippen molar-refractivity contribution < 1.29 is 39.9 Å². The van der Waals surface area contributed by atoms with Crippen LogP contribution in [0.4, 0.5) is 4.79 Å². The molecule has 0 aromatic rings. The van der Waals surface area contributed by atoms with E-state index in [4.69, 9.17) is 9.84 Å². The number of ether oxygens (including phenoxy) is 1. The maximum absolute atomic E-state index is 11.6. The number of rotatable bonds is 2. The summed E-state index contributed by atoms with van der Waals surface area (Å²) < 4.78 is 4.92. The molecule has 5 atom stereocenters. The Kier molecular flexibility index (Phi) is 4.83. The van der Waals surface area contributed by atoms with Gasteiger partial charge in [-0.3, -0.25) is 0 Å². The second-order valence-electron chi connectivity index (χ2n) is 6.11. The second-order valence-corrected chi connectivity index (χ2v) is 6.11. The van der Waals surface area contributed by atoms with Crippen LogP contribution in [0.2, 0.25) is 0 Å². The number of amides is 1. The van der Waals surface area contributed by atoms with Gasteiger partial charge in [0.2, 0.25) is 0 Å². The first-order valence-electron chi connectivity index (χ1n) is 6.38. The van der Waals surface area contributed by atoms with Gasteiger partial charge in [-0.1, -0.05) is 0 Å². The maximum atomic E-state index is 11.6. The molecule has 0 spiro atoms. The largest absolute Gasteiger partial charge is 0.479 e. The molecule has 1 amide bonds. The van der Waals surface area contributed by atoms with Gasteiger partial charge in [-0.25, -0.2) is 9.59 Å². The molecule has 9 nitrogen and oxygen atoms in total. The van der Waals surface area contributed by atoms with Gasteiger partial charge >= 0.3 is 12.1 Å². The molecule has 122 valence electrons. The summed E-state index contributed by atoms with van der Waals surface area (Å²) in [4.78, 5) is 22.7. The van der Waals surface area contributed by atoms with Crippen LogP contribution in [0, 0.1) is 0 Å². The minimum absolute atomic E-state index is 0.767. The Balaban J connectivity index is 2.92. The van der Waals surface area contributed by atoms with Crippen LogP contribution < -0.4 is 5.32 Å². The normalized spacial score (nSPS) is 36.9. The van der Waals surface area contributed by atoms with Crippen LogP contribution >= 0.6 is 0 Å². The molecule has 9 heteroatoms. The second kappa shape index (κ2) is 5.76. The van der Waals surface area contributed by atoms with Crippen molar-refractivity contribution in [1.82, 2.24) is 5.32 Å². The Morgan fingerprint density at radius 3 is 2.19 bits per heavy atom. The van der Waals surface area contributed by atoms with E-state index in [2.05, 4.69) is 5.32 Å². The molecule has 0 saturated heterocycles. The van der Waals surface area contributed by atoms with Crippen molar-refractivity contribution in [3.05, 3.63) is 0 Å². The molecular weight excluding hydrogens is 286 g/mol. The van der Waals surface area contributed by atoms with E-state index in [1.807, 2.05) is 0 Å². The number of nitrogens with one attached hydrogen (secondary N) is 1. The predicted octanol–water partition coefficient (Wildman–Crippen LogP) is -1.82. The van der Waals surface area contributed by atoms with Gasteiger partial charge in [-0.2, -0.15) is 0 Å². The first-order chi connectivity index (χ1) is 9.38. The van der Waals surface area contributed by atoms with Crippen LogP contribution in [-0.4, -0.2) is 73.2 Å². The molecule has 0 bridgehead atoms. The van der Waals surface area contributed by atoms with Gasteiger partial charge in [0, 0.05) is 6.42 Å². The highest BCUT2D eigenvalue weighted by Crippen LogP contribution is 2.30. The molecule has 1 rings (SSSR count). The number of alkyl carbamates (subject to hydrolysis) is 1. The fraction of sp³-hybridized carbons (Fsp3) is 0.833. The quantitative estimate of drug-likeness (QED) is 0.348. The Labute approximate surface area is 121 Å². The summed E-state index contributed by atoms with van der Waals surface area (Å²) in [6, 6.07) is -1.59. The fourth-order valence-corrected chi connectivity index (χ4v) is 2.11. The van der Waals surface area contributed by atoms with Crippen molar-refractivity contribution in [2.75, 3.05) is 0 Å². The van der Waals surface area contributed by atoms with Gasteiger partial charge in [-0.15, -0.1) is 0 Å². The number of hydrogen-bond donors (Lipinski definition) is 6. The maximum Gasteiger partial charge on any atom is 0.408 e. The molecule has 0 radical (unpaired) electrons. The molecule has 0 aromatic heterocycles. The SMILES string of the molecule is CC(C)(C)OC(=O)N[C@@H]1[C@H](O)[C@H](O)C[C@@](O)(C(=O)O)[C@H]1O. The molecule has 1 fully saturated rings. The van der Waals surface area contributed by atoms with Crippen LogP contribution in [0.1, 0.15) is 27.2 Å². The molecule has 0 aliphatic heterocycles. The Hall–Kier alpha value is -1.42. The fourth-order valence-electron chi connectivity index (χ4n) is 2.11. The average Bonchev–Trinajstić information content (AvgIpc) is 2.29. The van der Waals surface area contributed by atoms with Crippen LogP contribution in [0.25, 0.3) is 0 Å². The van der Waals surface area contributed by atoms with Crippen molar-refractivity contribution in [3.8, 4) is 0 Å². The van der Waals surface area contributed by atoms with Gasteiger partial charge in [0.25, 0.3) is 0 Å². The Morgan fingerprint density at radius 2 is 1.76 bits per heavy atom. The highest BCUT2D eigenvalue weighted by Gasteiger charge is 2.56. The molecule has 0 aromatic carbocycles. The van der Waals surface area contributed by atoms with E-state index >= 15 is 0 Å². The molecule has 0 heterocycles. The summed E-state index contributed by atoms with van der Waals surface area (Å²) >= 11 is 0. The summed E-state index contributed by atoms with van der Waals surface area (Å²) in [7, 11) is 0. The third kappa shape index (κ3) is 3.82. The predicted molar refractivity (Wildman–Crippen MR) is 68.4 cm³/mol. The van der Waals surface area contributed by atoms with Gasteiger partial charge < -0.3 is 35.6 Å². The lowest BCUT2D eigenvalue weighted by molar-refractivity contribution is -0.203. The first kappa shape index (κ1) is 17.6. The van der Waals surface area contributed by atoms with Gasteiger partial charge in [0.1, 0.15) is 17.8 Å². The van der Waals surface area contributed by atoms with E-state index in [1.165, 1.54) is 0 Å². The van der Waals surface area contributed by atoms with Crippen LogP contribution in [0.5, 0.6) is 0 Å². The summed E-state index contributed by atoms with van der Waals surface area (Å²) in [6.45, 7) is 4.76. The van der Waals surface area contributed by atoms with Gasteiger partial charge in [-0.05, 0) is 20.8 Å². The molecular formula is C12H21NO8. The summed E-state index contributed by atoms with van der Waals surface area (Å²) in [5.74, 6) is -1.77. The van der Waals surface area contributed by atoms with E-state index in [9.17, 15) is 30.0 Å². The standard InChI is InChI=1S/C12H21NO8/c1-11(2,3)21-10(19)13-6-7(15)5(14)4-12(20,8(6)16)9(17)18/h5-8,14-16,20H,4H2,1-3H3,(H,13,19)(H,17,18)/t5-,6-,7-,8+,12+/m1/s1. The van der Waals surface area contributed by atoms with E-state index in [0.29, 0.717) is 0 Å². The zero-order chi connectivity index (χ0) is 16.6. The highest BCUT2D eigenvalue weighted by molar-refractivity contribution is 5.79. The third-order valence-corrected chi connectivity index (χ3v) is 3.17. The van der Waals surface area contributed by atoms with Crippen LogP contribution in [0.3, 0.4) is 0 Å². The number of carboxylic acid groups (broad SMARTS) is 1. The molecule has 0 unspecified atom stereocenters. The van der Waals surface area contributed by atoms with E-state index in [-0.39, 0.29) is 0 Å². The van der Waals surface area contributed by atoms with Crippen molar-refractivity contribution in [2.24, 2.45) is 0 Å². The number of aliphatic hydroxyl groups is 4. The summed E-state index contributed by atoms with van der Waals surface area (Å²) in [5.41, 5.74) is -3.53. The lowest BCUT2D eigenvalue weighted by atomic mass is 9.76. The van der Waals surface area contributed by atoms with Gasteiger partial charge in [0.05, 0.1) is 12.1 Å². The third-order valence-electron chi connectivity index (χ3n) is 3.17. The topological polar surface area (TPSA) is 157 Å². The number of carbonyl (C=O) groups excluding carboxylic acids is 1. The Bertz CT molecular complexity index is 420. The number of carbonyl (C=O) groups is 2. The minimum Gasteiger partial charge on any atom is -0.479 e. The smallest absolute Gasteiger partial charge is 0.408 e. The minimum atomic E-state index is -2.68. The van der Waals surface area contributed by atoms with Crippen LogP contribution in [-0.2, 0) is 9.53 Å². The van der Waals surface area contributed by atoms with Crippen molar-refractivity contribution in [1.29, 1.82) is 0 Å². The number of carboxylic acids is 1. The molecule has 6 N–H and O–H groups in total. The zero-order valence-corrected chi connectivity index (χ0v) is 12.0. The zero-order valence-electron chi connectivity index (χ0n) is 12.0. The highest BCUT2D eigenvalue weighted by atomic mass is 16.6. The molecule has 1 saturated carbocycles. The van der Waals surface area contributed by atoms with E-state index < -0.39 is 54.0 Å². The summed E-state index contributed by atoms with van der Waals surface area (Å²) in [5, 5.41) is 50.3. The van der Waals surface area contributed by atoms with Crippen LogP contribution in [0.15, 0.2) is 0 Å². The Morgan fingerprint density at radius 1 is 1.24 bits per heavy atom. The van der Waals surface area contributed by atoms with E-state index in [1.54, 1.807) is 20.8 Å². The first-order valence-corrected chi connectivity index (χ1v) is 6.38.